The van der Waals surface area contributed by atoms with Gasteiger partial charge in [0, 0.05) is 0 Å². The summed E-state index contributed by atoms with van der Waals surface area (Å²) in [4.78, 5) is 23.0. The van der Waals surface area contributed by atoms with Crippen molar-refractivity contribution in [3.63, 3.8) is 0 Å². The highest BCUT2D eigenvalue weighted by Crippen LogP contribution is 1.97. The summed E-state index contributed by atoms with van der Waals surface area (Å²) in [6.45, 7) is 7.29. The van der Waals surface area contributed by atoms with Gasteiger partial charge in [0.2, 0.25) is 0 Å². The fraction of sp³-hybridized carbons (Fsp3) is 0. The van der Waals surface area contributed by atoms with E-state index in [4.69, 9.17) is 11.7 Å². The Morgan fingerprint density at radius 2 is 1.25 bits per heavy atom. The SMILES string of the molecule is C=c1ccc(=C)c(C(=O)NN)c1C(=O)NN. The molecule has 6 heteroatoms. The van der Waals surface area contributed by atoms with Crippen LogP contribution in [0.25, 0.3) is 13.2 Å². The Kier molecular flexibility index (Phi) is 3.39. The van der Waals surface area contributed by atoms with Crippen molar-refractivity contribution in [1.82, 2.24) is 10.9 Å². The highest BCUT2D eigenvalue weighted by atomic mass is 16.2. The van der Waals surface area contributed by atoms with Gasteiger partial charge in [-0.25, -0.2) is 11.7 Å². The number of nitrogen functional groups attached to an aromatic ring is 2. The quantitative estimate of drug-likeness (QED) is 0.255. The van der Waals surface area contributed by atoms with E-state index in [9.17, 15) is 9.59 Å². The maximum atomic E-state index is 11.5. The first-order valence-electron chi connectivity index (χ1n) is 4.35. The molecule has 0 radical (unpaired) electrons. The zero-order valence-electron chi connectivity index (χ0n) is 8.54. The molecule has 0 aliphatic heterocycles. The third-order valence-corrected chi connectivity index (χ3v) is 2.09. The molecule has 0 saturated carbocycles. The summed E-state index contributed by atoms with van der Waals surface area (Å²) in [5, 5.41) is 0.739. The molecule has 2 amide bonds. The molecule has 6 nitrogen and oxygen atoms in total. The Balaban J connectivity index is 3.62. The number of hydrogen-bond acceptors (Lipinski definition) is 4. The molecule has 0 spiro atoms. The lowest BCUT2D eigenvalue weighted by Crippen LogP contribution is -2.41. The van der Waals surface area contributed by atoms with E-state index in [1.807, 2.05) is 10.9 Å². The average molecular weight is 220 g/mol. The highest BCUT2D eigenvalue weighted by Gasteiger charge is 2.17. The average Bonchev–Trinajstić information content (AvgIpc) is 2.29. The fourth-order valence-electron chi connectivity index (χ4n) is 1.35. The van der Waals surface area contributed by atoms with E-state index in [2.05, 4.69) is 13.2 Å². The Morgan fingerprint density at radius 1 is 0.938 bits per heavy atom. The normalized spacial score (nSPS) is 9.62. The summed E-state index contributed by atoms with van der Waals surface area (Å²) < 4.78 is 0. The zero-order valence-corrected chi connectivity index (χ0v) is 8.54. The maximum absolute atomic E-state index is 11.5. The second-order valence-electron chi connectivity index (χ2n) is 3.08. The molecular weight excluding hydrogens is 208 g/mol. The standard InChI is InChI=1S/C10H12N4O2/c1-5-3-4-6(2)8(10(16)14-12)7(5)9(15)13-11/h3-4H,1-2,11-12H2,(H,13,15)(H,14,16). The van der Waals surface area contributed by atoms with Crippen molar-refractivity contribution in [3.8, 4) is 0 Å². The Labute approximate surface area is 91.6 Å². The van der Waals surface area contributed by atoms with Crippen LogP contribution in [-0.2, 0) is 0 Å². The van der Waals surface area contributed by atoms with Gasteiger partial charge in [0.05, 0.1) is 11.1 Å². The molecule has 84 valence electrons. The van der Waals surface area contributed by atoms with Gasteiger partial charge in [0.15, 0.2) is 0 Å². The van der Waals surface area contributed by atoms with E-state index in [0.29, 0.717) is 10.4 Å². The summed E-state index contributed by atoms with van der Waals surface area (Å²) in [7, 11) is 0. The van der Waals surface area contributed by atoms with Crippen molar-refractivity contribution in [3.05, 3.63) is 33.7 Å². The maximum Gasteiger partial charge on any atom is 0.266 e. The van der Waals surface area contributed by atoms with Crippen LogP contribution in [0, 0.1) is 0 Å². The van der Waals surface area contributed by atoms with Gasteiger partial charge in [-0.15, -0.1) is 0 Å². The summed E-state index contributed by atoms with van der Waals surface area (Å²) in [5.74, 6) is 8.81. The van der Waals surface area contributed by atoms with Gasteiger partial charge in [-0.05, 0) is 10.4 Å². The van der Waals surface area contributed by atoms with Crippen LogP contribution in [0.5, 0.6) is 0 Å². The summed E-state index contributed by atoms with van der Waals surface area (Å²) in [5.41, 5.74) is 4.02. The van der Waals surface area contributed by atoms with Crippen molar-refractivity contribution in [2.45, 2.75) is 0 Å². The molecule has 0 aliphatic rings. The molecule has 0 aromatic heterocycles. The Morgan fingerprint density at radius 3 is 1.50 bits per heavy atom. The smallest absolute Gasteiger partial charge is 0.266 e. The van der Waals surface area contributed by atoms with Crippen LogP contribution in [-0.4, -0.2) is 11.8 Å². The van der Waals surface area contributed by atoms with E-state index in [1.54, 1.807) is 12.1 Å². The predicted molar refractivity (Wildman–Crippen MR) is 60.0 cm³/mol. The van der Waals surface area contributed by atoms with E-state index in [1.165, 1.54) is 0 Å². The van der Waals surface area contributed by atoms with Crippen LogP contribution in [0.15, 0.2) is 12.1 Å². The van der Waals surface area contributed by atoms with Crippen molar-refractivity contribution < 1.29 is 9.59 Å². The number of benzene rings is 1. The first kappa shape index (κ1) is 11.9. The number of rotatable bonds is 2. The lowest BCUT2D eigenvalue weighted by Gasteiger charge is -2.08. The fourth-order valence-corrected chi connectivity index (χ4v) is 1.35. The molecule has 1 aromatic rings. The topological polar surface area (TPSA) is 110 Å². The largest absolute Gasteiger partial charge is 0.290 e. The zero-order chi connectivity index (χ0) is 12.3. The van der Waals surface area contributed by atoms with Gasteiger partial charge < -0.3 is 0 Å². The van der Waals surface area contributed by atoms with E-state index in [0.717, 1.165) is 0 Å². The lowest BCUT2D eigenvalue weighted by molar-refractivity contribution is 0.0918. The number of hydrazine groups is 2. The molecule has 0 bridgehead atoms. The third kappa shape index (κ3) is 1.92. The van der Waals surface area contributed by atoms with Gasteiger partial charge in [-0.1, -0.05) is 25.3 Å². The molecule has 1 aromatic carbocycles. The first-order chi connectivity index (χ1) is 7.52. The molecule has 0 heterocycles. The van der Waals surface area contributed by atoms with Crippen LogP contribution < -0.4 is 33.0 Å². The van der Waals surface area contributed by atoms with E-state index in [-0.39, 0.29) is 11.1 Å². The Hall–Kier alpha value is -2.18. The number of carbonyl (C=O) groups is 2. The predicted octanol–water partition coefficient (Wildman–Crippen LogP) is -2.29. The molecule has 0 atom stereocenters. The monoisotopic (exact) mass is 220 g/mol. The van der Waals surface area contributed by atoms with Crippen molar-refractivity contribution in [1.29, 1.82) is 0 Å². The molecule has 0 aliphatic carbocycles. The minimum absolute atomic E-state index is 0.0675. The molecule has 0 unspecified atom stereocenters. The van der Waals surface area contributed by atoms with Gasteiger partial charge in [0.1, 0.15) is 0 Å². The van der Waals surface area contributed by atoms with Crippen molar-refractivity contribution >= 4 is 25.0 Å². The second-order valence-corrected chi connectivity index (χ2v) is 3.08. The van der Waals surface area contributed by atoms with E-state index < -0.39 is 11.8 Å². The van der Waals surface area contributed by atoms with Crippen LogP contribution in [0.3, 0.4) is 0 Å². The second kappa shape index (κ2) is 4.56. The number of amides is 2. The number of carbonyl (C=O) groups excluding carboxylic acids is 2. The number of nitrogens with two attached hydrogens (primary N) is 2. The van der Waals surface area contributed by atoms with Gasteiger partial charge >= 0.3 is 0 Å². The van der Waals surface area contributed by atoms with Crippen LogP contribution in [0.1, 0.15) is 20.7 Å². The van der Waals surface area contributed by atoms with Crippen LogP contribution >= 0.6 is 0 Å². The molecule has 16 heavy (non-hydrogen) atoms. The Bertz CT molecular complexity index is 489. The molecule has 1 rings (SSSR count). The highest BCUT2D eigenvalue weighted by molar-refractivity contribution is 6.07. The third-order valence-electron chi connectivity index (χ3n) is 2.09. The molecule has 6 N–H and O–H groups in total. The molecule has 0 fully saturated rings. The van der Waals surface area contributed by atoms with E-state index >= 15 is 0 Å². The summed E-state index contributed by atoms with van der Waals surface area (Å²) >= 11 is 0. The molecule has 0 saturated heterocycles. The summed E-state index contributed by atoms with van der Waals surface area (Å²) in [6, 6.07) is 3.14. The minimum Gasteiger partial charge on any atom is -0.290 e. The lowest BCUT2D eigenvalue weighted by atomic mass is 10.0. The minimum atomic E-state index is -0.617. The van der Waals surface area contributed by atoms with Crippen molar-refractivity contribution in [2.75, 3.05) is 0 Å². The summed E-state index contributed by atoms with van der Waals surface area (Å²) in [6.07, 6.45) is 0. The van der Waals surface area contributed by atoms with Crippen LogP contribution in [0.2, 0.25) is 0 Å². The number of hydrogen-bond donors (Lipinski definition) is 4. The first-order valence-corrected chi connectivity index (χ1v) is 4.35. The molecular formula is C10H12N4O2. The van der Waals surface area contributed by atoms with Gasteiger partial charge in [0.25, 0.3) is 11.8 Å². The van der Waals surface area contributed by atoms with Crippen molar-refractivity contribution in [2.24, 2.45) is 11.7 Å². The van der Waals surface area contributed by atoms with Gasteiger partial charge in [-0.2, -0.15) is 0 Å². The van der Waals surface area contributed by atoms with Crippen LogP contribution in [0.4, 0.5) is 0 Å². The number of nitrogens with one attached hydrogen (secondary N) is 2. The van der Waals surface area contributed by atoms with Gasteiger partial charge in [-0.3, -0.25) is 20.4 Å².